The maximum absolute atomic E-state index is 3.77. The lowest BCUT2D eigenvalue weighted by Crippen LogP contribution is -2.12. The monoisotopic (exact) mass is 226 g/mol. The second kappa shape index (κ2) is 4.66. The zero-order valence-electron chi connectivity index (χ0n) is 7.52. The van der Waals surface area contributed by atoms with E-state index >= 15 is 0 Å². The molecule has 1 aliphatic carbocycles. The Bertz CT molecular complexity index is 219. The van der Waals surface area contributed by atoms with E-state index in [0.717, 1.165) is 10.4 Å². The number of allylic oxidation sites excluding steroid dienone is 5. The lowest BCUT2D eigenvalue weighted by molar-refractivity contribution is 0.374. The molecule has 0 aromatic heterocycles. The zero-order valence-corrected chi connectivity index (χ0v) is 9.10. The molecule has 0 aromatic rings. The summed E-state index contributed by atoms with van der Waals surface area (Å²) in [7, 11) is 0. The van der Waals surface area contributed by atoms with Crippen LogP contribution in [0.5, 0.6) is 0 Å². The molecule has 1 heteroatoms. The first-order valence-electron chi connectivity index (χ1n) is 4.42. The van der Waals surface area contributed by atoms with Crippen molar-refractivity contribution in [3.63, 3.8) is 0 Å². The Morgan fingerprint density at radius 2 is 2.08 bits per heavy atom. The predicted molar refractivity (Wildman–Crippen MR) is 58.3 cm³/mol. The molecule has 0 heterocycles. The molecule has 0 radical (unpaired) electrons. The van der Waals surface area contributed by atoms with Crippen LogP contribution < -0.4 is 0 Å². The van der Waals surface area contributed by atoms with E-state index in [4.69, 9.17) is 0 Å². The summed E-state index contributed by atoms with van der Waals surface area (Å²) < 4.78 is 0.946. The molecule has 0 unspecified atom stereocenters. The summed E-state index contributed by atoms with van der Waals surface area (Å²) in [6, 6.07) is 0. The van der Waals surface area contributed by atoms with Crippen molar-refractivity contribution in [1.82, 2.24) is 0 Å². The molecule has 0 aliphatic heterocycles. The van der Waals surface area contributed by atoms with Crippen molar-refractivity contribution in [2.75, 3.05) is 0 Å². The quantitative estimate of drug-likeness (QED) is 0.634. The van der Waals surface area contributed by atoms with E-state index in [2.05, 4.69) is 41.6 Å². The molecule has 0 N–H and O–H groups in total. The van der Waals surface area contributed by atoms with E-state index in [1.807, 2.05) is 6.08 Å². The van der Waals surface area contributed by atoms with Crippen LogP contribution in [0.2, 0.25) is 0 Å². The van der Waals surface area contributed by atoms with Crippen molar-refractivity contribution < 1.29 is 0 Å². The van der Waals surface area contributed by atoms with Crippen LogP contribution in [0.1, 0.15) is 26.2 Å². The number of hydrogen-bond donors (Lipinski definition) is 0. The molecule has 1 aliphatic rings. The smallest absolute Gasteiger partial charge is 0.0103 e. The molecule has 0 saturated heterocycles. The van der Waals surface area contributed by atoms with Gasteiger partial charge in [0.2, 0.25) is 0 Å². The first-order valence-corrected chi connectivity index (χ1v) is 5.22. The Labute approximate surface area is 83.2 Å². The van der Waals surface area contributed by atoms with Gasteiger partial charge in [0.05, 0.1) is 0 Å². The van der Waals surface area contributed by atoms with Crippen molar-refractivity contribution in [1.29, 1.82) is 0 Å². The van der Waals surface area contributed by atoms with E-state index in [1.54, 1.807) is 0 Å². The van der Waals surface area contributed by atoms with Crippen LogP contribution in [0, 0.1) is 5.92 Å². The SMILES string of the molecule is C=C(Br)/C=C\C(=C/C)C1CCC1. The Hall–Kier alpha value is -0.300. The third-order valence-corrected chi connectivity index (χ3v) is 2.63. The molecule has 66 valence electrons. The van der Waals surface area contributed by atoms with Gasteiger partial charge < -0.3 is 0 Å². The second-order valence-corrected chi connectivity index (χ2v) is 4.22. The first-order chi connectivity index (χ1) is 5.74. The van der Waals surface area contributed by atoms with Gasteiger partial charge in [-0.05, 0) is 37.3 Å². The van der Waals surface area contributed by atoms with Crippen molar-refractivity contribution in [2.45, 2.75) is 26.2 Å². The third kappa shape index (κ3) is 2.63. The molecular formula is C11H15Br. The number of rotatable bonds is 3. The maximum Gasteiger partial charge on any atom is 0.0103 e. The van der Waals surface area contributed by atoms with Crippen LogP contribution in [0.3, 0.4) is 0 Å². The summed E-state index contributed by atoms with van der Waals surface area (Å²) in [5.41, 5.74) is 1.46. The maximum atomic E-state index is 3.77. The average Bonchev–Trinajstić information content (AvgIpc) is 1.93. The van der Waals surface area contributed by atoms with Crippen LogP contribution in [0.25, 0.3) is 0 Å². The lowest BCUT2D eigenvalue weighted by atomic mass is 9.79. The van der Waals surface area contributed by atoms with Gasteiger partial charge in [0.25, 0.3) is 0 Å². The van der Waals surface area contributed by atoms with Crippen LogP contribution in [0.4, 0.5) is 0 Å². The highest BCUT2D eigenvalue weighted by molar-refractivity contribution is 9.11. The summed E-state index contributed by atoms with van der Waals surface area (Å²) in [6.07, 6.45) is 10.5. The molecule has 12 heavy (non-hydrogen) atoms. The summed E-state index contributed by atoms with van der Waals surface area (Å²) in [4.78, 5) is 0. The summed E-state index contributed by atoms with van der Waals surface area (Å²) in [6.45, 7) is 5.87. The largest absolute Gasteiger partial charge is 0.0847 e. The summed E-state index contributed by atoms with van der Waals surface area (Å²) >= 11 is 3.31. The molecular weight excluding hydrogens is 212 g/mol. The van der Waals surface area contributed by atoms with Gasteiger partial charge in [-0.25, -0.2) is 0 Å². The molecule has 1 saturated carbocycles. The van der Waals surface area contributed by atoms with E-state index < -0.39 is 0 Å². The number of hydrogen-bond acceptors (Lipinski definition) is 0. The van der Waals surface area contributed by atoms with Crippen molar-refractivity contribution in [3.05, 3.63) is 34.9 Å². The Morgan fingerprint density at radius 3 is 2.42 bits per heavy atom. The standard InChI is InChI=1S/C11H15Br/c1-3-10(8-7-9(2)12)11-5-4-6-11/h3,7-8,11H,2,4-6H2,1H3/b8-7-,10-3+. The van der Waals surface area contributed by atoms with Gasteiger partial charge in [0.15, 0.2) is 0 Å². The fourth-order valence-electron chi connectivity index (χ4n) is 1.40. The van der Waals surface area contributed by atoms with Gasteiger partial charge in [0.1, 0.15) is 0 Å². The van der Waals surface area contributed by atoms with Gasteiger partial charge in [-0.2, -0.15) is 0 Å². The molecule has 1 fully saturated rings. The average molecular weight is 227 g/mol. The van der Waals surface area contributed by atoms with Gasteiger partial charge in [-0.15, -0.1) is 0 Å². The van der Waals surface area contributed by atoms with Crippen LogP contribution in [0.15, 0.2) is 34.9 Å². The summed E-state index contributed by atoms with van der Waals surface area (Å²) in [5.74, 6) is 0.818. The van der Waals surface area contributed by atoms with Gasteiger partial charge in [-0.1, -0.05) is 41.1 Å². The minimum absolute atomic E-state index is 0.818. The Balaban J connectivity index is 2.51. The highest BCUT2D eigenvalue weighted by Gasteiger charge is 2.19. The predicted octanol–water partition coefficient (Wildman–Crippen LogP) is 4.20. The summed E-state index contributed by atoms with van der Waals surface area (Å²) in [5, 5.41) is 0. The minimum atomic E-state index is 0.818. The highest BCUT2D eigenvalue weighted by atomic mass is 79.9. The normalized spacial score (nSPS) is 19.7. The molecule has 0 aromatic carbocycles. The van der Waals surface area contributed by atoms with Crippen LogP contribution >= 0.6 is 15.9 Å². The van der Waals surface area contributed by atoms with Gasteiger partial charge in [0, 0.05) is 4.48 Å². The van der Waals surface area contributed by atoms with E-state index in [0.29, 0.717) is 0 Å². The Kier molecular flexibility index (Phi) is 3.80. The molecule has 0 atom stereocenters. The van der Waals surface area contributed by atoms with E-state index in [9.17, 15) is 0 Å². The van der Waals surface area contributed by atoms with Gasteiger partial charge >= 0.3 is 0 Å². The zero-order chi connectivity index (χ0) is 8.97. The highest BCUT2D eigenvalue weighted by Crippen LogP contribution is 2.33. The molecule has 0 amide bonds. The lowest BCUT2D eigenvalue weighted by Gasteiger charge is -2.26. The third-order valence-electron chi connectivity index (χ3n) is 2.37. The first kappa shape index (κ1) is 9.79. The van der Waals surface area contributed by atoms with Crippen molar-refractivity contribution >= 4 is 15.9 Å². The van der Waals surface area contributed by atoms with Crippen LogP contribution in [-0.2, 0) is 0 Å². The Morgan fingerprint density at radius 1 is 1.42 bits per heavy atom. The van der Waals surface area contributed by atoms with Crippen molar-refractivity contribution in [3.8, 4) is 0 Å². The van der Waals surface area contributed by atoms with Crippen LogP contribution in [-0.4, -0.2) is 0 Å². The topological polar surface area (TPSA) is 0 Å². The van der Waals surface area contributed by atoms with E-state index in [1.165, 1.54) is 24.8 Å². The van der Waals surface area contributed by atoms with Gasteiger partial charge in [-0.3, -0.25) is 0 Å². The minimum Gasteiger partial charge on any atom is -0.0847 e. The fourth-order valence-corrected chi connectivity index (χ4v) is 1.53. The fraction of sp³-hybridized carbons (Fsp3) is 0.455. The van der Waals surface area contributed by atoms with Crippen molar-refractivity contribution in [2.24, 2.45) is 5.92 Å². The molecule has 1 rings (SSSR count). The molecule has 0 bridgehead atoms. The number of halogens is 1. The molecule has 0 nitrogen and oxygen atoms in total. The molecule has 0 spiro atoms. The van der Waals surface area contributed by atoms with E-state index in [-0.39, 0.29) is 0 Å². The second-order valence-electron chi connectivity index (χ2n) is 3.20.